The Bertz CT molecular complexity index is 576. The molecular formula is C16H20N2O4. The van der Waals surface area contributed by atoms with Crippen LogP contribution in [0.2, 0.25) is 0 Å². The minimum absolute atomic E-state index is 0.0471. The van der Waals surface area contributed by atoms with E-state index in [0.717, 1.165) is 5.56 Å². The van der Waals surface area contributed by atoms with Crippen LogP contribution in [0.3, 0.4) is 0 Å². The molecule has 0 saturated heterocycles. The quantitative estimate of drug-likeness (QED) is 0.341. The molecule has 0 aliphatic carbocycles. The van der Waals surface area contributed by atoms with Crippen molar-refractivity contribution in [1.29, 1.82) is 5.26 Å². The molecule has 1 N–H and O–H groups in total. The summed E-state index contributed by atoms with van der Waals surface area (Å²) >= 11 is 0. The summed E-state index contributed by atoms with van der Waals surface area (Å²) < 4.78 is 15.2. The Morgan fingerprint density at radius 1 is 1.32 bits per heavy atom. The summed E-state index contributed by atoms with van der Waals surface area (Å²) in [6.07, 6.45) is 2.08. The summed E-state index contributed by atoms with van der Waals surface area (Å²) in [5, 5.41) is 11.8. The van der Waals surface area contributed by atoms with Crippen molar-refractivity contribution in [3.8, 4) is 17.6 Å². The zero-order valence-electron chi connectivity index (χ0n) is 13.0. The molecule has 22 heavy (non-hydrogen) atoms. The molecule has 0 heterocycles. The average molecular weight is 304 g/mol. The number of nitrogens with one attached hydrogen (secondary N) is 1. The van der Waals surface area contributed by atoms with Crippen molar-refractivity contribution in [3.05, 3.63) is 35.5 Å². The van der Waals surface area contributed by atoms with Crippen LogP contribution in [-0.2, 0) is 16.0 Å². The van der Waals surface area contributed by atoms with Crippen LogP contribution in [0.15, 0.2) is 30.0 Å². The van der Waals surface area contributed by atoms with Gasteiger partial charge < -0.3 is 19.5 Å². The Hall–Kier alpha value is -2.68. The largest absolute Gasteiger partial charge is 0.493 e. The van der Waals surface area contributed by atoms with Crippen LogP contribution in [0, 0.1) is 11.3 Å². The molecule has 0 amide bonds. The first-order valence-electron chi connectivity index (χ1n) is 6.87. The third-order valence-corrected chi connectivity index (χ3v) is 2.87. The minimum atomic E-state index is -0.622. The van der Waals surface area contributed by atoms with Crippen molar-refractivity contribution >= 4 is 5.97 Å². The number of ether oxygens (including phenoxy) is 3. The van der Waals surface area contributed by atoms with Crippen LogP contribution in [-0.4, -0.2) is 33.3 Å². The number of rotatable bonds is 8. The van der Waals surface area contributed by atoms with E-state index >= 15 is 0 Å². The van der Waals surface area contributed by atoms with Gasteiger partial charge in [-0.05, 0) is 31.0 Å². The van der Waals surface area contributed by atoms with E-state index in [1.807, 2.05) is 18.2 Å². The van der Waals surface area contributed by atoms with Gasteiger partial charge in [0.25, 0.3) is 0 Å². The standard InChI is InChI=1S/C16H20N2O4/c1-4-22-16(19)13(10-17)11-18-8-7-12-5-6-14(20-2)15(9-12)21-3/h5-6,9,11,18H,4,7-8H2,1-3H3/b13-11+. The van der Waals surface area contributed by atoms with Gasteiger partial charge >= 0.3 is 5.97 Å². The van der Waals surface area contributed by atoms with Gasteiger partial charge in [0.05, 0.1) is 20.8 Å². The molecule has 118 valence electrons. The van der Waals surface area contributed by atoms with Gasteiger partial charge in [-0.15, -0.1) is 0 Å². The number of hydrogen-bond donors (Lipinski definition) is 1. The predicted octanol–water partition coefficient (Wildman–Crippen LogP) is 1.81. The van der Waals surface area contributed by atoms with Crippen LogP contribution in [0.25, 0.3) is 0 Å². The maximum atomic E-state index is 11.4. The Kier molecular flexibility index (Phi) is 7.34. The second kappa shape index (κ2) is 9.29. The highest BCUT2D eigenvalue weighted by Gasteiger charge is 2.09. The summed E-state index contributed by atoms with van der Waals surface area (Å²) in [6, 6.07) is 7.47. The zero-order chi connectivity index (χ0) is 16.4. The first kappa shape index (κ1) is 17.4. The van der Waals surface area contributed by atoms with Crippen LogP contribution < -0.4 is 14.8 Å². The van der Waals surface area contributed by atoms with Gasteiger partial charge in [-0.3, -0.25) is 0 Å². The molecule has 6 nitrogen and oxygen atoms in total. The van der Waals surface area contributed by atoms with E-state index < -0.39 is 5.97 Å². The number of carbonyl (C=O) groups is 1. The summed E-state index contributed by atoms with van der Waals surface area (Å²) in [5.41, 5.74) is 1.00. The Morgan fingerprint density at radius 3 is 2.64 bits per heavy atom. The lowest BCUT2D eigenvalue weighted by Crippen LogP contribution is -2.14. The van der Waals surface area contributed by atoms with Crippen molar-refractivity contribution in [2.45, 2.75) is 13.3 Å². The van der Waals surface area contributed by atoms with Crippen LogP contribution >= 0.6 is 0 Å². The summed E-state index contributed by atoms with van der Waals surface area (Å²) in [6.45, 7) is 2.50. The summed E-state index contributed by atoms with van der Waals surface area (Å²) in [4.78, 5) is 11.4. The molecule has 0 radical (unpaired) electrons. The molecule has 1 aromatic carbocycles. The van der Waals surface area contributed by atoms with E-state index in [4.69, 9.17) is 19.5 Å². The number of carbonyl (C=O) groups excluding carboxylic acids is 1. The SMILES string of the molecule is CCOC(=O)/C(C#N)=C/NCCc1ccc(OC)c(OC)c1. The van der Waals surface area contributed by atoms with Crippen LogP contribution in [0.5, 0.6) is 11.5 Å². The Labute approximate surface area is 130 Å². The highest BCUT2D eigenvalue weighted by molar-refractivity contribution is 5.92. The number of hydrogen-bond acceptors (Lipinski definition) is 6. The number of methoxy groups -OCH3 is 2. The van der Waals surface area contributed by atoms with Gasteiger partial charge in [-0.2, -0.15) is 5.26 Å². The van der Waals surface area contributed by atoms with E-state index in [1.165, 1.54) is 6.20 Å². The number of nitrogens with zero attached hydrogens (tertiary/aromatic N) is 1. The molecule has 0 fully saturated rings. The molecule has 0 aliphatic heterocycles. The topological polar surface area (TPSA) is 80.6 Å². The zero-order valence-corrected chi connectivity index (χ0v) is 13.0. The van der Waals surface area contributed by atoms with Gasteiger partial charge in [0.1, 0.15) is 6.07 Å². The first-order valence-corrected chi connectivity index (χ1v) is 6.87. The molecule has 0 atom stereocenters. The lowest BCUT2D eigenvalue weighted by molar-refractivity contribution is -0.138. The van der Waals surface area contributed by atoms with E-state index in [9.17, 15) is 4.79 Å². The first-order chi connectivity index (χ1) is 10.7. The van der Waals surface area contributed by atoms with Crippen molar-refractivity contribution < 1.29 is 19.0 Å². The molecule has 0 aromatic heterocycles. The normalized spacial score (nSPS) is 10.5. The molecule has 6 heteroatoms. The third kappa shape index (κ3) is 5.02. The van der Waals surface area contributed by atoms with Gasteiger partial charge in [0, 0.05) is 12.7 Å². The smallest absolute Gasteiger partial charge is 0.350 e. The van der Waals surface area contributed by atoms with Gasteiger partial charge in [0.2, 0.25) is 0 Å². The third-order valence-electron chi connectivity index (χ3n) is 2.87. The average Bonchev–Trinajstić information content (AvgIpc) is 2.54. The van der Waals surface area contributed by atoms with E-state index in [2.05, 4.69) is 5.32 Å². The van der Waals surface area contributed by atoms with Crippen LogP contribution in [0.4, 0.5) is 0 Å². The van der Waals surface area contributed by atoms with Crippen molar-refractivity contribution in [2.24, 2.45) is 0 Å². The minimum Gasteiger partial charge on any atom is -0.493 e. The maximum Gasteiger partial charge on any atom is 0.350 e. The maximum absolute atomic E-state index is 11.4. The van der Waals surface area contributed by atoms with E-state index in [0.29, 0.717) is 24.5 Å². The van der Waals surface area contributed by atoms with Crippen molar-refractivity contribution in [2.75, 3.05) is 27.4 Å². The molecule has 0 bridgehead atoms. The number of benzene rings is 1. The van der Waals surface area contributed by atoms with Crippen molar-refractivity contribution in [1.82, 2.24) is 5.32 Å². The fourth-order valence-electron chi connectivity index (χ4n) is 1.77. The highest BCUT2D eigenvalue weighted by atomic mass is 16.5. The second-order valence-electron chi connectivity index (χ2n) is 4.28. The fourth-order valence-corrected chi connectivity index (χ4v) is 1.77. The number of esters is 1. The second-order valence-corrected chi connectivity index (χ2v) is 4.28. The summed E-state index contributed by atoms with van der Waals surface area (Å²) in [5.74, 6) is 0.719. The van der Waals surface area contributed by atoms with Crippen LogP contribution in [0.1, 0.15) is 12.5 Å². The van der Waals surface area contributed by atoms with E-state index in [-0.39, 0.29) is 12.2 Å². The molecule has 0 saturated carbocycles. The van der Waals surface area contributed by atoms with E-state index in [1.54, 1.807) is 27.2 Å². The molecule has 0 aliphatic rings. The van der Waals surface area contributed by atoms with Gasteiger partial charge in [-0.1, -0.05) is 6.07 Å². The summed E-state index contributed by atoms with van der Waals surface area (Å²) in [7, 11) is 3.17. The lowest BCUT2D eigenvalue weighted by Gasteiger charge is -2.09. The monoisotopic (exact) mass is 304 g/mol. The fraction of sp³-hybridized carbons (Fsp3) is 0.375. The van der Waals surface area contributed by atoms with Gasteiger partial charge in [0.15, 0.2) is 17.1 Å². The highest BCUT2D eigenvalue weighted by Crippen LogP contribution is 2.27. The lowest BCUT2D eigenvalue weighted by atomic mass is 10.1. The van der Waals surface area contributed by atoms with Crippen molar-refractivity contribution in [3.63, 3.8) is 0 Å². The molecule has 1 aromatic rings. The van der Waals surface area contributed by atoms with Gasteiger partial charge in [-0.25, -0.2) is 4.79 Å². The molecular weight excluding hydrogens is 284 g/mol. The molecule has 0 spiro atoms. The molecule has 0 unspecified atom stereocenters. The number of nitriles is 1. The Morgan fingerprint density at radius 2 is 2.05 bits per heavy atom. The Balaban J connectivity index is 2.57. The molecule has 1 rings (SSSR count). The predicted molar refractivity (Wildman–Crippen MR) is 81.6 cm³/mol.